The quantitative estimate of drug-likeness (QED) is 0.587. The van der Waals surface area contributed by atoms with Gasteiger partial charge in [0.1, 0.15) is 6.04 Å². The molecular weight excluding hydrogens is 496 g/mol. The number of nitrogens with one attached hydrogen (secondary N) is 2. The van der Waals surface area contributed by atoms with Crippen molar-refractivity contribution >= 4 is 21.8 Å². The molecule has 2 aromatic rings. The number of hydrogen-bond acceptors (Lipinski definition) is 7. The van der Waals surface area contributed by atoms with Gasteiger partial charge < -0.3 is 20.1 Å². The van der Waals surface area contributed by atoms with Crippen molar-refractivity contribution < 1.29 is 27.5 Å². The maximum absolute atomic E-state index is 13.3. The van der Waals surface area contributed by atoms with Crippen LogP contribution >= 0.6 is 0 Å². The van der Waals surface area contributed by atoms with E-state index in [0.29, 0.717) is 53.0 Å². The average molecular weight is 531 g/mol. The number of methoxy groups -OCH3 is 2. The number of nitrogens with zero attached hydrogens (tertiary/aromatic N) is 2. The maximum Gasteiger partial charge on any atom is 0.253 e. The Balaban J connectivity index is 1.83. The molecule has 2 amide bonds. The maximum atomic E-state index is 13.3. The van der Waals surface area contributed by atoms with Gasteiger partial charge in [-0.2, -0.15) is 4.31 Å². The highest BCUT2D eigenvalue weighted by Gasteiger charge is 2.40. The number of hydrogen-bond donors (Lipinski definition) is 2. The van der Waals surface area contributed by atoms with Crippen molar-refractivity contribution in [2.75, 3.05) is 27.3 Å². The number of carbonyl (C=O) groups is 2. The third-order valence-electron chi connectivity index (χ3n) is 6.50. The summed E-state index contributed by atoms with van der Waals surface area (Å²) in [4.78, 5) is 30.4. The Bertz CT molecular complexity index is 1280. The van der Waals surface area contributed by atoms with Gasteiger partial charge >= 0.3 is 0 Å². The largest absolute Gasteiger partial charge is 0.493 e. The second-order valence-electron chi connectivity index (χ2n) is 9.87. The first-order valence-corrected chi connectivity index (χ1v) is 13.9. The molecule has 1 saturated carbocycles. The molecule has 37 heavy (non-hydrogen) atoms. The van der Waals surface area contributed by atoms with Gasteiger partial charge in [0.05, 0.1) is 25.0 Å². The Hall–Kier alpha value is -3.18. The molecule has 2 aliphatic rings. The van der Waals surface area contributed by atoms with E-state index in [9.17, 15) is 18.0 Å². The summed E-state index contributed by atoms with van der Waals surface area (Å²) in [5, 5.41) is 5.24. The molecule has 1 aromatic carbocycles. The van der Waals surface area contributed by atoms with Crippen LogP contribution in [0.2, 0.25) is 0 Å². The zero-order valence-corrected chi connectivity index (χ0v) is 22.4. The van der Waals surface area contributed by atoms with Crippen LogP contribution < -0.4 is 20.1 Å². The third-order valence-corrected chi connectivity index (χ3v) is 8.85. The summed E-state index contributed by atoms with van der Waals surface area (Å²) in [5.41, 5.74) is 2.19. The molecule has 0 unspecified atom stereocenters. The summed E-state index contributed by atoms with van der Waals surface area (Å²) < 4.78 is 39.2. The molecule has 0 radical (unpaired) electrons. The summed E-state index contributed by atoms with van der Waals surface area (Å²) in [6, 6.07) is 4.48. The standard InChI is InChI=1S/C26H34N4O6S/c1-16(2)9-22-26(32)28-7-8-30(37(33,34)20-5-6-20)15-17-10-21(24(36-4)23(11-17)35-3)18-12-19(14-27-13-18)25(31)29-22/h10-14,16,20,22H,5-9,15H2,1-4H3,(H,28,32)(H,29,31)/t22-/m1/s1. The second kappa shape index (κ2) is 11.1. The van der Waals surface area contributed by atoms with Crippen molar-refractivity contribution in [3.63, 3.8) is 0 Å². The molecule has 2 heterocycles. The molecule has 1 aliphatic heterocycles. The number of fused-ring (bicyclic) bond motifs is 5. The predicted molar refractivity (Wildman–Crippen MR) is 139 cm³/mol. The highest BCUT2D eigenvalue weighted by Crippen LogP contribution is 2.40. The van der Waals surface area contributed by atoms with E-state index >= 15 is 0 Å². The van der Waals surface area contributed by atoms with E-state index in [-0.39, 0.29) is 31.5 Å². The van der Waals surface area contributed by atoms with Crippen LogP contribution in [0.3, 0.4) is 0 Å². The summed E-state index contributed by atoms with van der Waals surface area (Å²) in [6.07, 6.45) is 4.74. The number of aromatic nitrogens is 1. The Morgan fingerprint density at radius 2 is 1.81 bits per heavy atom. The minimum Gasteiger partial charge on any atom is -0.493 e. The van der Waals surface area contributed by atoms with Crippen LogP contribution in [0.4, 0.5) is 0 Å². The van der Waals surface area contributed by atoms with Crippen molar-refractivity contribution in [3.05, 3.63) is 41.7 Å². The zero-order valence-electron chi connectivity index (χ0n) is 21.6. The molecule has 4 bridgehead atoms. The molecule has 1 aromatic heterocycles. The summed E-state index contributed by atoms with van der Waals surface area (Å²) in [6.45, 7) is 4.25. The van der Waals surface area contributed by atoms with E-state index in [1.807, 2.05) is 19.9 Å². The lowest BCUT2D eigenvalue weighted by Crippen LogP contribution is -2.49. The van der Waals surface area contributed by atoms with Gasteiger partial charge in [-0.15, -0.1) is 0 Å². The number of amides is 2. The number of carbonyl (C=O) groups excluding carboxylic acids is 2. The van der Waals surface area contributed by atoms with Crippen LogP contribution in [0.5, 0.6) is 11.5 Å². The number of ether oxygens (including phenoxy) is 2. The summed E-state index contributed by atoms with van der Waals surface area (Å²) in [7, 11) is -0.520. The van der Waals surface area contributed by atoms with E-state index in [2.05, 4.69) is 15.6 Å². The normalized spacial score (nSPS) is 19.4. The van der Waals surface area contributed by atoms with E-state index in [1.165, 1.54) is 24.7 Å². The SMILES string of the molecule is COc1cc2cc(c1OC)-c1cncc(c1)C(=O)N[C@H](CC(C)C)C(=O)NCCN(S(=O)(=O)C1CC1)C2. The van der Waals surface area contributed by atoms with Gasteiger partial charge in [0, 0.05) is 43.2 Å². The van der Waals surface area contributed by atoms with Gasteiger partial charge in [-0.05, 0) is 48.9 Å². The monoisotopic (exact) mass is 530 g/mol. The molecule has 10 nitrogen and oxygen atoms in total. The minimum absolute atomic E-state index is 0.0990. The fourth-order valence-corrected chi connectivity index (χ4v) is 6.31. The Morgan fingerprint density at radius 3 is 2.46 bits per heavy atom. The van der Waals surface area contributed by atoms with Gasteiger partial charge in [0.2, 0.25) is 15.9 Å². The number of sulfonamides is 1. The molecule has 4 rings (SSSR count). The molecule has 1 aliphatic carbocycles. The third kappa shape index (κ3) is 6.04. The van der Waals surface area contributed by atoms with Crippen LogP contribution in [-0.2, 0) is 21.4 Å². The van der Waals surface area contributed by atoms with Gasteiger partial charge in [-0.1, -0.05) is 13.8 Å². The van der Waals surface area contributed by atoms with Crippen molar-refractivity contribution in [1.82, 2.24) is 19.9 Å². The number of benzene rings is 1. The molecule has 2 N–H and O–H groups in total. The van der Waals surface area contributed by atoms with Crippen LogP contribution in [0, 0.1) is 5.92 Å². The predicted octanol–water partition coefficient (Wildman–Crippen LogP) is 2.33. The zero-order chi connectivity index (χ0) is 26.7. The van der Waals surface area contributed by atoms with Crippen molar-refractivity contribution in [2.24, 2.45) is 5.92 Å². The molecule has 1 atom stereocenters. The fraction of sp³-hybridized carbons (Fsp3) is 0.500. The number of pyridine rings is 1. The molecule has 200 valence electrons. The summed E-state index contributed by atoms with van der Waals surface area (Å²) >= 11 is 0. The Labute approximate surface area is 217 Å². The molecular formula is C26H34N4O6S. The highest BCUT2D eigenvalue weighted by atomic mass is 32.2. The lowest BCUT2D eigenvalue weighted by atomic mass is 10.00. The molecule has 1 fully saturated rings. The van der Waals surface area contributed by atoms with Crippen molar-refractivity contribution in [2.45, 2.75) is 50.9 Å². The smallest absolute Gasteiger partial charge is 0.253 e. The van der Waals surface area contributed by atoms with E-state index in [4.69, 9.17) is 9.47 Å². The van der Waals surface area contributed by atoms with Gasteiger partial charge in [0.15, 0.2) is 11.5 Å². The Morgan fingerprint density at radius 1 is 1.08 bits per heavy atom. The minimum atomic E-state index is -3.55. The first-order valence-electron chi connectivity index (χ1n) is 12.4. The topological polar surface area (TPSA) is 127 Å². The first kappa shape index (κ1) is 26.9. The van der Waals surface area contributed by atoms with Crippen LogP contribution in [0.25, 0.3) is 11.1 Å². The van der Waals surface area contributed by atoms with E-state index < -0.39 is 27.2 Å². The van der Waals surface area contributed by atoms with Crippen LogP contribution in [-0.4, -0.2) is 68.1 Å². The first-order chi connectivity index (χ1) is 17.6. The molecule has 0 saturated heterocycles. The Kier molecular flexibility index (Phi) is 8.03. The van der Waals surface area contributed by atoms with Gasteiger partial charge in [-0.25, -0.2) is 8.42 Å². The highest BCUT2D eigenvalue weighted by molar-refractivity contribution is 7.90. The van der Waals surface area contributed by atoms with Crippen molar-refractivity contribution in [3.8, 4) is 22.6 Å². The molecule has 11 heteroatoms. The average Bonchev–Trinajstić information content (AvgIpc) is 3.72. The molecule has 0 spiro atoms. The van der Waals surface area contributed by atoms with Crippen LogP contribution in [0.1, 0.15) is 49.0 Å². The lowest BCUT2D eigenvalue weighted by Gasteiger charge is -2.24. The van der Waals surface area contributed by atoms with E-state index in [0.717, 1.165) is 0 Å². The fourth-order valence-electron chi connectivity index (χ4n) is 4.49. The number of rotatable bonds is 6. The van der Waals surface area contributed by atoms with Crippen molar-refractivity contribution in [1.29, 1.82) is 0 Å². The van der Waals surface area contributed by atoms with E-state index in [1.54, 1.807) is 18.3 Å². The second-order valence-corrected chi connectivity index (χ2v) is 12.1. The lowest BCUT2D eigenvalue weighted by molar-refractivity contribution is -0.123. The van der Waals surface area contributed by atoms with Crippen LogP contribution in [0.15, 0.2) is 30.6 Å². The van der Waals surface area contributed by atoms with Gasteiger partial charge in [-0.3, -0.25) is 14.6 Å². The summed E-state index contributed by atoms with van der Waals surface area (Å²) in [5.74, 6) is 0.246. The van der Waals surface area contributed by atoms with Gasteiger partial charge in [0.25, 0.3) is 5.91 Å².